The van der Waals surface area contributed by atoms with E-state index in [1.54, 1.807) is 4.90 Å². The van der Waals surface area contributed by atoms with Gasteiger partial charge in [0.15, 0.2) is 0 Å². The number of unbranched alkanes of at least 4 members (excludes halogenated alkanes) is 14. The zero-order valence-corrected chi connectivity index (χ0v) is 27.7. The monoisotopic (exact) mass is 597 g/mol. The molecular formula is C38H63NO4. The molecule has 0 bridgehead atoms. The Hall–Kier alpha value is -2.11. The summed E-state index contributed by atoms with van der Waals surface area (Å²) in [5.74, 6) is 0. The number of benzene rings is 1. The second kappa shape index (κ2) is 26.3. The summed E-state index contributed by atoms with van der Waals surface area (Å²) in [4.78, 5) is 14.6. The van der Waals surface area contributed by atoms with Crippen molar-refractivity contribution in [3.63, 3.8) is 0 Å². The lowest BCUT2D eigenvalue weighted by molar-refractivity contribution is -0.0481. The number of allylic oxidation sites excluding steroid dienone is 4. The predicted molar refractivity (Wildman–Crippen MR) is 180 cm³/mol. The van der Waals surface area contributed by atoms with Crippen LogP contribution in [0, 0.1) is 0 Å². The van der Waals surface area contributed by atoms with E-state index in [9.17, 15) is 4.79 Å². The maximum absolute atomic E-state index is 12.8. The maximum Gasteiger partial charge on any atom is 0.410 e. The summed E-state index contributed by atoms with van der Waals surface area (Å²) in [6, 6.07) is 9.84. The van der Waals surface area contributed by atoms with Crippen molar-refractivity contribution in [3.05, 3.63) is 60.2 Å². The SMILES string of the molecule is CCCCCC=CCC=CCCCCCCCCOC1CN(C(=O)OCc2ccccc2)CC1OCCCCCCCC. The third kappa shape index (κ3) is 19.0. The number of carbonyl (C=O) groups is 1. The Kier molecular flexibility index (Phi) is 22.7. The zero-order chi connectivity index (χ0) is 30.6. The van der Waals surface area contributed by atoms with Crippen molar-refractivity contribution in [3.8, 4) is 0 Å². The fourth-order valence-corrected chi connectivity index (χ4v) is 5.47. The Morgan fingerprint density at radius 1 is 0.674 bits per heavy atom. The van der Waals surface area contributed by atoms with Gasteiger partial charge in [0.2, 0.25) is 0 Å². The van der Waals surface area contributed by atoms with Gasteiger partial charge in [-0.2, -0.15) is 0 Å². The first-order valence-corrected chi connectivity index (χ1v) is 17.7. The molecule has 1 amide bonds. The summed E-state index contributed by atoms with van der Waals surface area (Å²) in [5.41, 5.74) is 0.996. The molecule has 1 saturated heterocycles. The molecule has 0 saturated carbocycles. The smallest absolute Gasteiger partial charge is 0.410 e. The minimum absolute atomic E-state index is 0.0791. The number of nitrogens with zero attached hydrogens (tertiary/aromatic N) is 1. The quantitative estimate of drug-likeness (QED) is 0.0787. The molecule has 0 spiro atoms. The first-order valence-electron chi connectivity index (χ1n) is 17.7. The Morgan fingerprint density at radius 2 is 1.16 bits per heavy atom. The number of amides is 1. The maximum atomic E-state index is 12.8. The minimum Gasteiger partial charge on any atom is -0.445 e. The third-order valence-electron chi connectivity index (χ3n) is 8.19. The van der Waals surface area contributed by atoms with Crippen LogP contribution in [0.2, 0.25) is 0 Å². The van der Waals surface area contributed by atoms with Crippen LogP contribution in [-0.4, -0.2) is 49.5 Å². The average Bonchev–Trinajstić information content (AvgIpc) is 3.44. The van der Waals surface area contributed by atoms with E-state index < -0.39 is 0 Å². The highest BCUT2D eigenvalue weighted by Gasteiger charge is 2.37. The van der Waals surface area contributed by atoms with Gasteiger partial charge in [0.1, 0.15) is 18.8 Å². The van der Waals surface area contributed by atoms with E-state index in [1.807, 2.05) is 30.3 Å². The lowest BCUT2D eigenvalue weighted by Gasteiger charge is -2.19. The summed E-state index contributed by atoms with van der Waals surface area (Å²) in [6.07, 6.45) is 31.1. The van der Waals surface area contributed by atoms with Gasteiger partial charge in [-0.25, -0.2) is 4.79 Å². The van der Waals surface area contributed by atoms with Crippen molar-refractivity contribution in [1.82, 2.24) is 4.90 Å². The first-order chi connectivity index (χ1) is 21.2. The molecule has 1 aliphatic rings. The third-order valence-corrected chi connectivity index (χ3v) is 8.19. The van der Waals surface area contributed by atoms with Crippen molar-refractivity contribution in [2.24, 2.45) is 0 Å². The zero-order valence-electron chi connectivity index (χ0n) is 27.7. The molecule has 244 valence electrons. The number of ether oxygens (including phenoxy) is 3. The van der Waals surface area contributed by atoms with Gasteiger partial charge in [-0.1, -0.05) is 139 Å². The van der Waals surface area contributed by atoms with Gasteiger partial charge in [-0.05, 0) is 50.5 Å². The summed E-state index contributed by atoms with van der Waals surface area (Å²) >= 11 is 0. The molecule has 5 nitrogen and oxygen atoms in total. The van der Waals surface area contributed by atoms with E-state index in [2.05, 4.69) is 38.2 Å². The fraction of sp³-hybridized carbons (Fsp3) is 0.711. The molecule has 1 aromatic rings. The highest BCUT2D eigenvalue weighted by atomic mass is 16.6. The van der Waals surface area contributed by atoms with Crippen LogP contribution >= 0.6 is 0 Å². The van der Waals surface area contributed by atoms with Crippen LogP contribution in [0.5, 0.6) is 0 Å². The van der Waals surface area contributed by atoms with Gasteiger partial charge in [0, 0.05) is 13.2 Å². The molecule has 1 fully saturated rings. The van der Waals surface area contributed by atoms with Crippen LogP contribution in [0.4, 0.5) is 4.79 Å². The molecule has 1 heterocycles. The summed E-state index contributed by atoms with van der Waals surface area (Å²) in [6.45, 7) is 7.32. The van der Waals surface area contributed by atoms with Crippen LogP contribution in [0.25, 0.3) is 0 Å². The number of carbonyl (C=O) groups excluding carboxylic acids is 1. The number of rotatable bonds is 26. The van der Waals surface area contributed by atoms with E-state index in [0.717, 1.165) is 38.0 Å². The Bertz CT molecular complexity index is 840. The van der Waals surface area contributed by atoms with Crippen LogP contribution < -0.4 is 0 Å². The van der Waals surface area contributed by atoms with Crippen LogP contribution in [-0.2, 0) is 20.8 Å². The van der Waals surface area contributed by atoms with E-state index >= 15 is 0 Å². The summed E-state index contributed by atoms with van der Waals surface area (Å²) in [7, 11) is 0. The standard InChI is InChI=1S/C38H63NO4/c1-3-5-7-9-11-12-13-14-15-16-17-18-19-20-22-27-31-42-37-33-39(38(40)43-34-35-28-24-23-25-29-35)32-36(37)41-30-26-21-10-8-6-4-2/h11-12,14-15,23-25,28-29,36-37H,3-10,13,16-22,26-27,30-34H2,1-2H3. The van der Waals surface area contributed by atoms with E-state index in [4.69, 9.17) is 14.2 Å². The molecule has 1 aliphatic heterocycles. The number of hydrogen-bond donors (Lipinski definition) is 0. The van der Waals surface area contributed by atoms with E-state index in [1.165, 1.54) is 96.3 Å². The molecule has 0 radical (unpaired) electrons. The van der Waals surface area contributed by atoms with Crippen molar-refractivity contribution >= 4 is 6.09 Å². The topological polar surface area (TPSA) is 48.0 Å². The van der Waals surface area contributed by atoms with Crippen molar-refractivity contribution in [2.45, 2.75) is 148 Å². The lowest BCUT2D eigenvalue weighted by Crippen LogP contribution is -2.30. The lowest BCUT2D eigenvalue weighted by atomic mass is 10.1. The minimum atomic E-state index is -0.281. The highest BCUT2D eigenvalue weighted by molar-refractivity contribution is 5.68. The Labute approximate surface area is 264 Å². The largest absolute Gasteiger partial charge is 0.445 e. The van der Waals surface area contributed by atoms with Crippen molar-refractivity contribution < 1.29 is 19.0 Å². The van der Waals surface area contributed by atoms with Crippen molar-refractivity contribution in [2.75, 3.05) is 26.3 Å². The fourth-order valence-electron chi connectivity index (χ4n) is 5.47. The molecule has 1 aromatic carbocycles. The molecule has 2 atom stereocenters. The van der Waals surface area contributed by atoms with E-state index in [-0.39, 0.29) is 24.9 Å². The van der Waals surface area contributed by atoms with Gasteiger partial charge in [-0.3, -0.25) is 0 Å². The van der Waals surface area contributed by atoms with Crippen LogP contribution in [0.15, 0.2) is 54.6 Å². The molecular weight excluding hydrogens is 534 g/mol. The summed E-state index contributed by atoms with van der Waals surface area (Å²) in [5, 5.41) is 0. The second-order valence-electron chi connectivity index (χ2n) is 12.1. The van der Waals surface area contributed by atoms with Gasteiger partial charge >= 0.3 is 6.09 Å². The Morgan fingerprint density at radius 3 is 1.74 bits per heavy atom. The predicted octanol–water partition coefficient (Wildman–Crippen LogP) is 10.6. The molecule has 0 N–H and O–H groups in total. The summed E-state index contributed by atoms with van der Waals surface area (Å²) < 4.78 is 18.2. The number of likely N-dealkylation sites (tertiary alicyclic amines) is 1. The second-order valence-corrected chi connectivity index (χ2v) is 12.1. The first kappa shape index (κ1) is 37.1. The van der Waals surface area contributed by atoms with E-state index in [0.29, 0.717) is 13.1 Å². The van der Waals surface area contributed by atoms with Gasteiger partial charge < -0.3 is 19.1 Å². The van der Waals surface area contributed by atoms with Gasteiger partial charge in [-0.15, -0.1) is 0 Å². The highest BCUT2D eigenvalue weighted by Crippen LogP contribution is 2.20. The van der Waals surface area contributed by atoms with Gasteiger partial charge in [0.25, 0.3) is 0 Å². The normalized spacial score (nSPS) is 17.0. The molecule has 43 heavy (non-hydrogen) atoms. The molecule has 2 unspecified atom stereocenters. The van der Waals surface area contributed by atoms with Crippen molar-refractivity contribution in [1.29, 1.82) is 0 Å². The molecule has 2 rings (SSSR count). The molecule has 5 heteroatoms. The van der Waals surface area contributed by atoms with Gasteiger partial charge in [0.05, 0.1) is 13.1 Å². The van der Waals surface area contributed by atoms with Crippen LogP contribution in [0.1, 0.15) is 135 Å². The molecule has 0 aromatic heterocycles. The average molecular weight is 598 g/mol. The number of hydrogen-bond acceptors (Lipinski definition) is 4. The Balaban J connectivity index is 1.59. The molecule has 0 aliphatic carbocycles. The van der Waals surface area contributed by atoms with Crippen LogP contribution in [0.3, 0.4) is 0 Å².